The van der Waals surface area contributed by atoms with Gasteiger partial charge in [0, 0.05) is 4.88 Å². The summed E-state index contributed by atoms with van der Waals surface area (Å²) in [6.07, 6.45) is 1.60. The number of aromatic amines is 1. The van der Waals surface area contributed by atoms with Crippen molar-refractivity contribution < 1.29 is 4.79 Å². The molecule has 0 atom stereocenters. The van der Waals surface area contributed by atoms with E-state index in [1.165, 1.54) is 0 Å². The van der Waals surface area contributed by atoms with Crippen LogP contribution in [0.15, 0.2) is 44.6 Å². The fourth-order valence-corrected chi connectivity index (χ4v) is 3.54. The summed E-state index contributed by atoms with van der Waals surface area (Å²) >= 11 is 6.52. The maximum atomic E-state index is 11.9. The van der Waals surface area contributed by atoms with Crippen molar-refractivity contribution in [3.05, 3.63) is 50.1 Å². The van der Waals surface area contributed by atoms with Crippen LogP contribution in [0.5, 0.6) is 0 Å². The van der Waals surface area contributed by atoms with Gasteiger partial charge in [-0.1, -0.05) is 6.07 Å². The van der Waals surface area contributed by atoms with E-state index in [0.29, 0.717) is 5.69 Å². The topological polar surface area (TPSA) is 70.1 Å². The molecule has 0 bridgehead atoms. The molecule has 1 amide bonds. The second-order valence-electron chi connectivity index (χ2n) is 3.99. The zero-order valence-corrected chi connectivity index (χ0v) is 13.8. The molecular formula is C13H9BrN4OS2. The van der Waals surface area contributed by atoms with Crippen LogP contribution >= 0.6 is 38.6 Å². The van der Waals surface area contributed by atoms with Crippen molar-refractivity contribution in [3.63, 3.8) is 0 Å². The van der Waals surface area contributed by atoms with Crippen LogP contribution in [-0.4, -0.2) is 22.3 Å². The van der Waals surface area contributed by atoms with Gasteiger partial charge in [-0.15, -0.1) is 22.7 Å². The highest BCUT2D eigenvalue weighted by Crippen LogP contribution is 2.30. The average Bonchev–Trinajstić information content (AvgIpc) is 3.19. The monoisotopic (exact) mass is 380 g/mol. The van der Waals surface area contributed by atoms with Crippen LogP contribution in [0.3, 0.4) is 0 Å². The van der Waals surface area contributed by atoms with Crippen LogP contribution < -0.4 is 5.43 Å². The average molecular weight is 381 g/mol. The molecular weight excluding hydrogens is 372 g/mol. The van der Waals surface area contributed by atoms with Crippen LogP contribution in [0.2, 0.25) is 0 Å². The van der Waals surface area contributed by atoms with E-state index in [1.807, 2.05) is 29.6 Å². The molecule has 0 fully saturated rings. The van der Waals surface area contributed by atoms with Crippen LogP contribution in [0.1, 0.15) is 15.4 Å². The number of nitrogens with one attached hydrogen (secondary N) is 2. The SMILES string of the molecule is O=C(NN=Cc1cccs1)c1cc(-c2ccc(Br)s2)[nH]n1. The Bertz CT molecular complexity index is 776. The number of H-pyrrole nitrogens is 1. The second kappa shape index (κ2) is 6.33. The zero-order chi connectivity index (χ0) is 14.7. The van der Waals surface area contributed by atoms with Crippen LogP contribution in [0, 0.1) is 0 Å². The normalized spacial score (nSPS) is 11.1. The third-order valence-corrected chi connectivity index (χ3v) is 5.01. The maximum Gasteiger partial charge on any atom is 0.291 e. The molecule has 2 N–H and O–H groups in total. The summed E-state index contributed by atoms with van der Waals surface area (Å²) in [6, 6.07) is 9.45. The number of carbonyl (C=O) groups is 1. The molecule has 0 saturated heterocycles. The lowest BCUT2D eigenvalue weighted by Crippen LogP contribution is -2.17. The Hall–Kier alpha value is -1.77. The second-order valence-corrected chi connectivity index (χ2v) is 7.43. The Labute approximate surface area is 136 Å². The van der Waals surface area contributed by atoms with E-state index in [1.54, 1.807) is 35.0 Å². The number of halogens is 1. The summed E-state index contributed by atoms with van der Waals surface area (Å²) in [5.41, 5.74) is 3.56. The molecule has 0 aliphatic carbocycles. The van der Waals surface area contributed by atoms with Gasteiger partial charge in [-0.3, -0.25) is 9.89 Å². The van der Waals surface area contributed by atoms with Gasteiger partial charge in [0.1, 0.15) is 0 Å². The number of carbonyl (C=O) groups excluding carboxylic acids is 1. The number of hydrogen-bond donors (Lipinski definition) is 2. The van der Waals surface area contributed by atoms with E-state index in [-0.39, 0.29) is 5.91 Å². The molecule has 3 aromatic rings. The maximum absolute atomic E-state index is 11.9. The van der Waals surface area contributed by atoms with Crippen molar-refractivity contribution in [2.24, 2.45) is 5.10 Å². The number of thiophene rings is 2. The van der Waals surface area contributed by atoms with Gasteiger partial charge in [-0.2, -0.15) is 10.2 Å². The fraction of sp³-hybridized carbons (Fsp3) is 0. The van der Waals surface area contributed by atoms with Crippen molar-refractivity contribution in [3.8, 4) is 10.6 Å². The first kappa shape index (κ1) is 14.2. The minimum Gasteiger partial charge on any atom is -0.276 e. The molecule has 5 nitrogen and oxygen atoms in total. The lowest BCUT2D eigenvalue weighted by atomic mass is 10.3. The molecule has 3 aromatic heterocycles. The third-order valence-electron chi connectivity index (χ3n) is 2.55. The number of hydrogen-bond acceptors (Lipinski definition) is 5. The van der Waals surface area contributed by atoms with Crippen molar-refractivity contribution >= 4 is 50.7 Å². The molecule has 0 spiro atoms. The fourth-order valence-electron chi connectivity index (χ4n) is 1.60. The van der Waals surface area contributed by atoms with Gasteiger partial charge >= 0.3 is 0 Å². The predicted octanol–water partition coefficient (Wildman–Crippen LogP) is 3.73. The molecule has 0 unspecified atom stereocenters. The van der Waals surface area contributed by atoms with Crippen molar-refractivity contribution in [1.82, 2.24) is 15.6 Å². The number of rotatable bonds is 4. The molecule has 3 heterocycles. The van der Waals surface area contributed by atoms with E-state index >= 15 is 0 Å². The minimum absolute atomic E-state index is 0.304. The highest BCUT2D eigenvalue weighted by atomic mass is 79.9. The molecule has 0 aliphatic rings. The summed E-state index contributed by atoms with van der Waals surface area (Å²) in [6.45, 7) is 0. The van der Waals surface area contributed by atoms with E-state index in [9.17, 15) is 4.79 Å². The molecule has 0 aromatic carbocycles. The number of hydrazone groups is 1. The molecule has 0 aliphatic heterocycles. The van der Waals surface area contributed by atoms with Crippen LogP contribution in [-0.2, 0) is 0 Å². The summed E-state index contributed by atoms with van der Waals surface area (Å²) in [4.78, 5) is 13.9. The Morgan fingerprint density at radius 3 is 3.05 bits per heavy atom. The van der Waals surface area contributed by atoms with Crippen molar-refractivity contribution in [2.45, 2.75) is 0 Å². The van der Waals surface area contributed by atoms with E-state index < -0.39 is 0 Å². The summed E-state index contributed by atoms with van der Waals surface area (Å²) < 4.78 is 1.03. The molecule has 3 rings (SSSR count). The largest absolute Gasteiger partial charge is 0.291 e. The van der Waals surface area contributed by atoms with Crippen molar-refractivity contribution in [2.75, 3.05) is 0 Å². The molecule has 0 saturated carbocycles. The lowest BCUT2D eigenvalue weighted by molar-refractivity contribution is 0.0950. The van der Waals surface area contributed by atoms with Gasteiger partial charge < -0.3 is 0 Å². The highest BCUT2D eigenvalue weighted by molar-refractivity contribution is 9.11. The molecule has 21 heavy (non-hydrogen) atoms. The summed E-state index contributed by atoms with van der Waals surface area (Å²) in [5.74, 6) is -0.346. The van der Waals surface area contributed by atoms with Gasteiger partial charge in [0.15, 0.2) is 5.69 Å². The molecule has 0 radical (unpaired) electrons. The van der Waals surface area contributed by atoms with E-state index in [4.69, 9.17) is 0 Å². The van der Waals surface area contributed by atoms with Gasteiger partial charge in [0.05, 0.1) is 20.6 Å². The third kappa shape index (κ3) is 3.46. The summed E-state index contributed by atoms with van der Waals surface area (Å²) in [7, 11) is 0. The smallest absolute Gasteiger partial charge is 0.276 e. The van der Waals surface area contributed by atoms with Crippen LogP contribution in [0.4, 0.5) is 0 Å². The number of nitrogens with zero attached hydrogens (tertiary/aromatic N) is 2. The predicted molar refractivity (Wildman–Crippen MR) is 89.0 cm³/mol. The van der Waals surface area contributed by atoms with Gasteiger partial charge in [0.2, 0.25) is 0 Å². The minimum atomic E-state index is -0.346. The Morgan fingerprint density at radius 2 is 2.33 bits per heavy atom. The summed E-state index contributed by atoms with van der Waals surface area (Å²) in [5, 5.41) is 12.7. The molecule has 8 heteroatoms. The Morgan fingerprint density at radius 1 is 1.43 bits per heavy atom. The number of amides is 1. The first-order chi connectivity index (χ1) is 10.2. The van der Waals surface area contributed by atoms with Gasteiger partial charge in [0.25, 0.3) is 5.91 Å². The van der Waals surface area contributed by atoms with Crippen LogP contribution in [0.25, 0.3) is 10.6 Å². The Balaban J connectivity index is 1.67. The zero-order valence-electron chi connectivity index (χ0n) is 10.5. The van der Waals surface area contributed by atoms with Gasteiger partial charge in [-0.25, -0.2) is 5.43 Å². The Kier molecular flexibility index (Phi) is 4.28. The van der Waals surface area contributed by atoms with Crippen molar-refractivity contribution in [1.29, 1.82) is 0 Å². The first-order valence-electron chi connectivity index (χ1n) is 5.90. The quantitative estimate of drug-likeness (QED) is 0.534. The lowest BCUT2D eigenvalue weighted by Gasteiger charge is -1.93. The first-order valence-corrected chi connectivity index (χ1v) is 8.39. The standard InChI is InChI=1S/C13H9BrN4OS2/c14-12-4-3-11(21-12)9-6-10(17-16-9)13(19)18-15-7-8-2-1-5-20-8/h1-7H,(H,16,17)(H,18,19). The van der Waals surface area contributed by atoms with Gasteiger partial charge in [-0.05, 0) is 45.6 Å². The van der Waals surface area contributed by atoms with E-state index in [0.717, 1.165) is 19.2 Å². The number of aromatic nitrogens is 2. The van der Waals surface area contributed by atoms with E-state index in [2.05, 4.69) is 36.7 Å². The molecule has 106 valence electrons. The highest BCUT2D eigenvalue weighted by Gasteiger charge is 2.11.